The van der Waals surface area contributed by atoms with E-state index in [2.05, 4.69) is 55.1 Å². The fourth-order valence-corrected chi connectivity index (χ4v) is 4.76. The molecule has 0 saturated heterocycles. The Bertz CT molecular complexity index is 881. The first-order valence-corrected chi connectivity index (χ1v) is 10.7. The topological polar surface area (TPSA) is 75.2 Å². The molecule has 2 N–H and O–H groups in total. The van der Waals surface area contributed by atoms with E-state index in [1.54, 1.807) is 0 Å². The van der Waals surface area contributed by atoms with Crippen LogP contribution in [0, 0.1) is 10.7 Å². The van der Waals surface area contributed by atoms with Crippen LogP contribution in [0.4, 0.5) is 0 Å². The van der Waals surface area contributed by atoms with E-state index in [1.165, 1.54) is 0 Å². The number of aryl methyl sites for hydroxylation is 1. The highest BCUT2D eigenvalue weighted by molar-refractivity contribution is 14.1. The molecule has 0 aliphatic rings. The SMILES string of the molecule is O=C(OCCCc1nc2ccccc2[nH]1)c1c(O)c(I)cc(I)c1I. The minimum atomic E-state index is -0.497. The van der Waals surface area contributed by atoms with Crippen molar-refractivity contribution in [3.63, 3.8) is 0 Å². The number of rotatable bonds is 5. The predicted molar refractivity (Wildman–Crippen MR) is 121 cm³/mol. The summed E-state index contributed by atoms with van der Waals surface area (Å²) in [5, 5.41) is 10.2. The molecular formula is C17H13I3N2O3. The molecule has 1 aromatic heterocycles. The first-order valence-electron chi connectivity index (χ1n) is 7.44. The zero-order valence-corrected chi connectivity index (χ0v) is 19.3. The second kappa shape index (κ2) is 8.37. The van der Waals surface area contributed by atoms with Crippen molar-refractivity contribution in [2.45, 2.75) is 12.8 Å². The van der Waals surface area contributed by atoms with Crippen LogP contribution in [0.3, 0.4) is 0 Å². The highest BCUT2D eigenvalue weighted by atomic mass is 127. The van der Waals surface area contributed by atoms with Crippen LogP contribution in [0.15, 0.2) is 30.3 Å². The molecule has 5 nitrogen and oxygen atoms in total. The van der Waals surface area contributed by atoms with Gasteiger partial charge in [-0.15, -0.1) is 0 Å². The van der Waals surface area contributed by atoms with Gasteiger partial charge < -0.3 is 14.8 Å². The van der Waals surface area contributed by atoms with Crippen LogP contribution < -0.4 is 0 Å². The number of aromatic hydroxyl groups is 1. The number of halogens is 3. The molecule has 3 rings (SSSR count). The van der Waals surface area contributed by atoms with Gasteiger partial charge in [-0.2, -0.15) is 0 Å². The van der Waals surface area contributed by atoms with Gasteiger partial charge in [0.15, 0.2) is 0 Å². The molecule has 130 valence electrons. The maximum Gasteiger partial charge on any atom is 0.343 e. The Labute approximate surface area is 185 Å². The lowest BCUT2D eigenvalue weighted by molar-refractivity contribution is 0.0495. The highest BCUT2D eigenvalue weighted by Gasteiger charge is 2.21. The van der Waals surface area contributed by atoms with Crippen LogP contribution in [-0.2, 0) is 11.2 Å². The number of carbonyl (C=O) groups excluding carboxylic acids is 1. The molecule has 0 amide bonds. The number of hydrogen-bond donors (Lipinski definition) is 2. The van der Waals surface area contributed by atoms with Crippen LogP contribution in [0.5, 0.6) is 5.75 Å². The summed E-state index contributed by atoms with van der Waals surface area (Å²) < 4.78 is 7.60. The lowest BCUT2D eigenvalue weighted by atomic mass is 10.2. The number of nitrogens with zero attached hydrogens (tertiary/aromatic N) is 1. The Morgan fingerprint density at radius 2 is 1.96 bits per heavy atom. The van der Waals surface area contributed by atoms with Gasteiger partial charge in [-0.25, -0.2) is 9.78 Å². The van der Waals surface area contributed by atoms with Gasteiger partial charge in [0.25, 0.3) is 0 Å². The molecule has 25 heavy (non-hydrogen) atoms. The quantitative estimate of drug-likeness (QED) is 0.176. The van der Waals surface area contributed by atoms with Crippen LogP contribution in [0.25, 0.3) is 11.0 Å². The van der Waals surface area contributed by atoms with E-state index in [0.29, 0.717) is 20.0 Å². The normalized spacial score (nSPS) is 11.0. The Hall–Kier alpha value is -0.630. The molecule has 0 aliphatic heterocycles. The van der Waals surface area contributed by atoms with E-state index < -0.39 is 5.97 Å². The molecule has 0 atom stereocenters. The van der Waals surface area contributed by atoms with Crippen molar-refractivity contribution in [3.05, 3.63) is 52.4 Å². The molecule has 0 radical (unpaired) electrons. The molecule has 3 aromatic rings. The van der Waals surface area contributed by atoms with Crippen molar-refractivity contribution in [1.29, 1.82) is 0 Å². The van der Waals surface area contributed by atoms with E-state index in [0.717, 1.165) is 20.4 Å². The summed E-state index contributed by atoms with van der Waals surface area (Å²) in [4.78, 5) is 20.1. The number of phenols is 1. The zero-order chi connectivity index (χ0) is 18.0. The number of hydrogen-bond acceptors (Lipinski definition) is 4. The number of fused-ring (bicyclic) bond motifs is 1. The summed E-state index contributed by atoms with van der Waals surface area (Å²) >= 11 is 6.20. The summed E-state index contributed by atoms with van der Waals surface area (Å²) in [6, 6.07) is 9.68. The van der Waals surface area contributed by atoms with E-state index in [9.17, 15) is 9.90 Å². The van der Waals surface area contributed by atoms with Gasteiger partial charge in [0.2, 0.25) is 0 Å². The predicted octanol–water partition coefficient (Wildman–Crippen LogP) is 4.87. The summed E-state index contributed by atoms with van der Waals surface area (Å²) in [5.41, 5.74) is 2.17. The lowest BCUT2D eigenvalue weighted by Gasteiger charge is -2.10. The first-order chi connectivity index (χ1) is 12.0. The summed E-state index contributed by atoms with van der Waals surface area (Å²) in [7, 11) is 0. The molecule has 0 aliphatic carbocycles. The number of benzene rings is 2. The van der Waals surface area contributed by atoms with Gasteiger partial charge in [0, 0.05) is 13.6 Å². The number of esters is 1. The van der Waals surface area contributed by atoms with E-state index in [-0.39, 0.29) is 17.9 Å². The van der Waals surface area contributed by atoms with E-state index in [1.807, 2.05) is 52.9 Å². The Morgan fingerprint density at radius 1 is 1.20 bits per heavy atom. The van der Waals surface area contributed by atoms with Crippen LogP contribution in [0.1, 0.15) is 22.6 Å². The number of aromatic nitrogens is 2. The standard InChI is InChI=1S/C17H13I3N2O3/c18-9-8-10(19)16(23)14(15(9)20)17(24)25-7-3-6-13-21-11-4-1-2-5-12(11)22-13/h1-2,4-5,8,23H,3,6-7H2,(H,21,22). The van der Waals surface area contributed by atoms with Crippen molar-refractivity contribution in [2.75, 3.05) is 6.61 Å². The van der Waals surface area contributed by atoms with Crippen molar-refractivity contribution in [1.82, 2.24) is 9.97 Å². The van der Waals surface area contributed by atoms with Crippen molar-refractivity contribution in [2.24, 2.45) is 0 Å². The molecule has 2 aromatic carbocycles. The van der Waals surface area contributed by atoms with Gasteiger partial charge in [0.1, 0.15) is 17.1 Å². The summed E-state index contributed by atoms with van der Waals surface area (Å²) in [6.45, 7) is 0.271. The number of imidazole rings is 1. The van der Waals surface area contributed by atoms with E-state index in [4.69, 9.17) is 4.74 Å². The van der Waals surface area contributed by atoms with Crippen LogP contribution in [-0.4, -0.2) is 27.7 Å². The Morgan fingerprint density at radius 3 is 2.72 bits per heavy atom. The van der Waals surface area contributed by atoms with Gasteiger partial charge in [0.05, 0.1) is 21.2 Å². The first kappa shape index (κ1) is 19.1. The Kier molecular flexibility index (Phi) is 6.41. The number of ether oxygens (including phenoxy) is 1. The fourth-order valence-electron chi connectivity index (χ4n) is 2.37. The number of phenolic OH excluding ortho intramolecular Hbond substituents is 1. The highest BCUT2D eigenvalue weighted by Crippen LogP contribution is 2.32. The van der Waals surface area contributed by atoms with Gasteiger partial charge in [-0.1, -0.05) is 12.1 Å². The molecule has 8 heteroatoms. The van der Waals surface area contributed by atoms with Gasteiger partial charge in [-0.05, 0) is 92.4 Å². The van der Waals surface area contributed by atoms with Gasteiger partial charge >= 0.3 is 5.97 Å². The molecule has 0 spiro atoms. The second-order valence-corrected chi connectivity index (χ2v) is 8.72. The average molecular weight is 674 g/mol. The molecular weight excluding hydrogens is 661 g/mol. The third kappa shape index (κ3) is 4.38. The number of aromatic amines is 1. The number of para-hydroxylation sites is 2. The van der Waals surface area contributed by atoms with Crippen molar-refractivity contribution in [3.8, 4) is 5.75 Å². The maximum absolute atomic E-state index is 12.3. The average Bonchev–Trinajstić information content (AvgIpc) is 3.00. The van der Waals surface area contributed by atoms with Crippen LogP contribution >= 0.6 is 67.8 Å². The summed E-state index contributed by atoms with van der Waals surface area (Å²) in [5.74, 6) is 0.356. The second-order valence-electron chi connectivity index (χ2n) is 5.32. The van der Waals surface area contributed by atoms with E-state index >= 15 is 0 Å². The number of nitrogens with one attached hydrogen (secondary N) is 1. The molecule has 0 fully saturated rings. The third-order valence-corrected chi connectivity index (χ3v) is 7.40. The molecule has 0 unspecified atom stereocenters. The minimum absolute atomic E-state index is 0.0206. The molecule has 0 bridgehead atoms. The van der Waals surface area contributed by atoms with Crippen molar-refractivity contribution < 1.29 is 14.6 Å². The number of carbonyl (C=O) groups is 1. The smallest absolute Gasteiger partial charge is 0.343 e. The lowest BCUT2D eigenvalue weighted by Crippen LogP contribution is -2.11. The zero-order valence-electron chi connectivity index (χ0n) is 12.9. The summed E-state index contributed by atoms with van der Waals surface area (Å²) in [6.07, 6.45) is 1.35. The van der Waals surface area contributed by atoms with Crippen LogP contribution in [0.2, 0.25) is 0 Å². The maximum atomic E-state index is 12.3. The monoisotopic (exact) mass is 674 g/mol. The van der Waals surface area contributed by atoms with Crippen molar-refractivity contribution >= 4 is 84.8 Å². The fraction of sp³-hybridized carbons (Fsp3) is 0.176. The minimum Gasteiger partial charge on any atom is -0.506 e. The third-order valence-electron chi connectivity index (χ3n) is 3.58. The number of H-pyrrole nitrogens is 1. The van der Waals surface area contributed by atoms with Gasteiger partial charge in [-0.3, -0.25) is 0 Å². The largest absolute Gasteiger partial charge is 0.506 e. The molecule has 1 heterocycles. The Balaban J connectivity index is 1.60. The molecule has 0 saturated carbocycles.